The van der Waals surface area contributed by atoms with Gasteiger partial charge in [-0.1, -0.05) is 61.0 Å². The van der Waals surface area contributed by atoms with Gasteiger partial charge in [-0.25, -0.2) is 4.98 Å². The fraction of sp³-hybridized carbons (Fsp3) is 0.281. The van der Waals surface area contributed by atoms with Crippen LogP contribution in [-0.4, -0.2) is 23.1 Å². The van der Waals surface area contributed by atoms with E-state index < -0.39 is 0 Å². The van der Waals surface area contributed by atoms with Crippen LogP contribution in [0.1, 0.15) is 43.5 Å². The molecule has 0 fully saturated rings. The third-order valence-corrected chi connectivity index (χ3v) is 7.00. The molecule has 0 saturated heterocycles. The van der Waals surface area contributed by atoms with E-state index >= 15 is 0 Å². The fourth-order valence-corrected chi connectivity index (χ4v) is 4.96. The van der Waals surface area contributed by atoms with Crippen molar-refractivity contribution in [2.75, 3.05) is 13.1 Å². The number of unbranched alkanes of at least 4 members (excludes halogenated alkanes) is 3. The summed E-state index contributed by atoms with van der Waals surface area (Å²) in [6.07, 6.45) is 7.65. The van der Waals surface area contributed by atoms with E-state index in [4.69, 9.17) is 16.5 Å². The smallest absolute Gasteiger partial charge is 0.107 e. The van der Waals surface area contributed by atoms with Crippen LogP contribution in [0.2, 0.25) is 0 Å². The molecule has 4 aromatic carbocycles. The Hall–Kier alpha value is -3.47. The van der Waals surface area contributed by atoms with Gasteiger partial charge in [0.1, 0.15) is 5.82 Å². The van der Waals surface area contributed by atoms with Gasteiger partial charge in [0, 0.05) is 6.42 Å². The molecule has 5 N–H and O–H groups in total. The lowest BCUT2D eigenvalue weighted by molar-refractivity contribution is 0.686. The van der Waals surface area contributed by atoms with E-state index in [-0.39, 0.29) is 0 Å². The summed E-state index contributed by atoms with van der Waals surface area (Å²) in [7, 11) is 0. The summed E-state index contributed by atoms with van der Waals surface area (Å²) >= 11 is 0. The van der Waals surface area contributed by atoms with Crippen LogP contribution < -0.4 is 11.5 Å². The molecular formula is C32H36N4. The van der Waals surface area contributed by atoms with Gasteiger partial charge in [0.05, 0.1) is 11.0 Å². The van der Waals surface area contributed by atoms with Crippen LogP contribution in [0.4, 0.5) is 0 Å². The summed E-state index contributed by atoms with van der Waals surface area (Å²) in [5.74, 6) is 1.04. The molecule has 0 unspecified atom stereocenters. The molecule has 0 aliphatic carbocycles. The molecular weight excluding hydrogens is 440 g/mol. The number of benzene rings is 4. The zero-order valence-electron chi connectivity index (χ0n) is 21.0. The first-order valence-corrected chi connectivity index (χ1v) is 13.3. The topological polar surface area (TPSA) is 80.7 Å². The largest absolute Gasteiger partial charge is 0.342 e. The first kappa shape index (κ1) is 24.2. The molecule has 1 heterocycles. The molecule has 0 amide bonds. The Kier molecular flexibility index (Phi) is 7.75. The monoisotopic (exact) mass is 476 g/mol. The van der Waals surface area contributed by atoms with Crippen LogP contribution in [0.3, 0.4) is 0 Å². The van der Waals surface area contributed by atoms with Crippen LogP contribution in [0.15, 0.2) is 78.9 Å². The standard InChI is InChI=1S/C32H36N4/c33-17-4-1-2-7-23-8-6-9-24(19-23)25-11-12-27-21-28(14-13-26(27)20-25)29-15-16-30-31(22-29)36-32(35-30)10-3-5-18-34/h6,8-9,11-16,19-22H,1-5,7,10,17-18,33-34H2,(H,35,36). The highest BCUT2D eigenvalue weighted by Crippen LogP contribution is 2.30. The van der Waals surface area contributed by atoms with Gasteiger partial charge >= 0.3 is 0 Å². The highest BCUT2D eigenvalue weighted by molar-refractivity contribution is 5.92. The van der Waals surface area contributed by atoms with Crippen LogP contribution in [0.5, 0.6) is 0 Å². The van der Waals surface area contributed by atoms with Crippen molar-refractivity contribution >= 4 is 21.8 Å². The molecule has 0 bridgehead atoms. The summed E-state index contributed by atoms with van der Waals surface area (Å²) in [5, 5.41) is 2.51. The lowest BCUT2D eigenvalue weighted by atomic mass is 9.96. The third kappa shape index (κ3) is 5.67. The Morgan fingerprint density at radius 2 is 1.22 bits per heavy atom. The Balaban J connectivity index is 1.35. The van der Waals surface area contributed by atoms with Gasteiger partial charge in [-0.2, -0.15) is 0 Å². The first-order valence-electron chi connectivity index (χ1n) is 13.3. The van der Waals surface area contributed by atoms with E-state index in [1.807, 2.05) is 0 Å². The van der Waals surface area contributed by atoms with Crippen molar-refractivity contribution in [3.8, 4) is 22.3 Å². The predicted octanol–water partition coefficient (Wildman–Crippen LogP) is 7.00. The van der Waals surface area contributed by atoms with Gasteiger partial charge in [-0.15, -0.1) is 0 Å². The highest BCUT2D eigenvalue weighted by Gasteiger charge is 2.07. The number of aromatic amines is 1. The van der Waals surface area contributed by atoms with Crippen molar-refractivity contribution < 1.29 is 0 Å². The van der Waals surface area contributed by atoms with Crippen molar-refractivity contribution in [3.63, 3.8) is 0 Å². The van der Waals surface area contributed by atoms with Gasteiger partial charge in [0.2, 0.25) is 0 Å². The SMILES string of the molecule is NCCCCCc1cccc(-c2ccc3cc(-c4ccc5nc(CCCCN)[nH]c5c4)ccc3c2)c1. The summed E-state index contributed by atoms with van der Waals surface area (Å²) in [4.78, 5) is 8.23. The van der Waals surface area contributed by atoms with E-state index in [2.05, 4.69) is 83.8 Å². The van der Waals surface area contributed by atoms with Crippen molar-refractivity contribution in [1.82, 2.24) is 9.97 Å². The number of nitrogens with zero attached hydrogens (tertiary/aromatic N) is 1. The Morgan fingerprint density at radius 3 is 1.97 bits per heavy atom. The average Bonchev–Trinajstić information content (AvgIpc) is 3.33. The number of hydrogen-bond donors (Lipinski definition) is 3. The Morgan fingerprint density at radius 1 is 0.583 bits per heavy atom. The van der Waals surface area contributed by atoms with E-state index in [0.29, 0.717) is 0 Å². The second-order valence-corrected chi connectivity index (χ2v) is 9.74. The first-order chi connectivity index (χ1) is 17.7. The van der Waals surface area contributed by atoms with Crippen LogP contribution >= 0.6 is 0 Å². The number of aromatic nitrogens is 2. The normalized spacial score (nSPS) is 11.5. The molecule has 5 aromatic rings. The minimum atomic E-state index is 0.732. The van der Waals surface area contributed by atoms with Crippen molar-refractivity contribution in [2.24, 2.45) is 11.5 Å². The minimum absolute atomic E-state index is 0.732. The number of H-pyrrole nitrogens is 1. The number of imidazole rings is 1. The van der Waals surface area contributed by atoms with Gasteiger partial charge in [0.15, 0.2) is 0 Å². The van der Waals surface area contributed by atoms with Crippen LogP contribution in [0.25, 0.3) is 44.1 Å². The molecule has 0 saturated carbocycles. The molecule has 0 aliphatic rings. The van der Waals surface area contributed by atoms with Gasteiger partial charge in [-0.05, 0) is 108 Å². The molecule has 36 heavy (non-hydrogen) atoms. The second kappa shape index (κ2) is 11.5. The van der Waals surface area contributed by atoms with Gasteiger partial charge in [-0.3, -0.25) is 0 Å². The van der Waals surface area contributed by atoms with Gasteiger partial charge < -0.3 is 16.5 Å². The maximum atomic E-state index is 5.63. The van der Waals surface area contributed by atoms with E-state index in [1.165, 1.54) is 51.4 Å². The number of nitrogens with one attached hydrogen (secondary N) is 1. The third-order valence-electron chi connectivity index (χ3n) is 7.00. The molecule has 1 aromatic heterocycles. The Bertz CT molecular complexity index is 1450. The van der Waals surface area contributed by atoms with Crippen molar-refractivity contribution in [3.05, 3.63) is 90.3 Å². The molecule has 0 aliphatic heterocycles. The van der Waals surface area contributed by atoms with Crippen LogP contribution in [-0.2, 0) is 12.8 Å². The zero-order chi connectivity index (χ0) is 24.7. The van der Waals surface area contributed by atoms with Gasteiger partial charge in [0.25, 0.3) is 0 Å². The maximum absolute atomic E-state index is 5.63. The van der Waals surface area contributed by atoms with Crippen LogP contribution in [0, 0.1) is 0 Å². The number of fused-ring (bicyclic) bond motifs is 2. The Labute approximate surface area is 213 Å². The number of hydrogen-bond acceptors (Lipinski definition) is 3. The number of aryl methyl sites for hydroxylation is 2. The molecule has 184 valence electrons. The maximum Gasteiger partial charge on any atom is 0.107 e. The lowest BCUT2D eigenvalue weighted by Crippen LogP contribution is -1.99. The number of nitrogens with two attached hydrogens (primary N) is 2. The number of rotatable bonds is 11. The summed E-state index contributed by atoms with van der Waals surface area (Å²) in [6, 6.07) is 29.0. The molecule has 4 nitrogen and oxygen atoms in total. The highest BCUT2D eigenvalue weighted by atomic mass is 14.9. The summed E-state index contributed by atoms with van der Waals surface area (Å²) in [6.45, 7) is 1.52. The van der Waals surface area contributed by atoms with Crippen molar-refractivity contribution in [2.45, 2.75) is 44.9 Å². The quantitative estimate of drug-likeness (QED) is 0.179. The second-order valence-electron chi connectivity index (χ2n) is 9.74. The van der Waals surface area contributed by atoms with E-state index in [9.17, 15) is 0 Å². The lowest BCUT2D eigenvalue weighted by Gasteiger charge is -2.09. The molecule has 0 atom stereocenters. The molecule has 4 heteroatoms. The zero-order valence-corrected chi connectivity index (χ0v) is 21.0. The summed E-state index contributed by atoms with van der Waals surface area (Å²) in [5.41, 5.74) is 19.7. The fourth-order valence-electron chi connectivity index (χ4n) is 4.96. The van der Waals surface area contributed by atoms with Crippen molar-refractivity contribution in [1.29, 1.82) is 0 Å². The molecule has 0 spiro atoms. The molecule has 0 radical (unpaired) electrons. The predicted molar refractivity (Wildman–Crippen MR) is 153 cm³/mol. The minimum Gasteiger partial charge on any atom is -0.342 e. The molecule has 5 rings (SSSR count). The summed E-state index contributed by atoms with van der Waals surface area (Å²) < 4.78 is 0. The average molecular weight is 477 g/mol. The van der Waals surface area contributed by atoms with E-state index in [0.717, 1.165) is 62.1 Å². The van der Waals surface area contributed by atoms with E-state index in [1.54, 1.807) is 0 Å².